The Morgan fingerprint density at radius 1 is 1.28 bits per heavy atom. The number of amides is 1. The van der Waals surface area contributed by atoms with Gasteiger partial charge in [-0.3, -0.25) is 14.2 Å². The first kappa shape index (κ1) is 17.4. The summed E-state index contributed by atoms with van der Waals surface area (Å²) >= 11 is 0. The molecule has 8 heteroatoms. The lowest BCUT2D eigenvalue weighted by Gasteiger charge is -2.31. The summed E-state index contributed by atoms with van der Waals surface area (Å²) in [4.78, 5) is 22.9. The van der Waals surface area contributed by atoms with Crippen LogP contribution in [0.15, 0.2) is 61.4 Å². The van der Waals surface area contributed by atoms with Gasteiger partial charge in [-0.05, 0) is 23.8 Å². The first-order valence-corrected chi connectivity index (χ1v) is 9.53. The van der Waals surface area contributed by atoms with Gasteiger partial charge < -0.3 is 9.88 Å². The van der Waals surface area contributed by atoms with E-state index in [0.717, 1.165) is 22.5 Å². The van der Waals surface area contributed by atoms with E-state index in [1.807, 2.05) is 65.6 Å². The molecule has 0 aliphatic carbocycles. The van der Waals surface area contributed by atoms with Gasteiger partial charge in [-0.15, -0.1) is 0 Å². The molecule has 1 atom stereocenters. The summed E-state index contributed by atoms with van der Waals surface area (Å²) in [6.45, 7) is 1.73. The highest BCUT2D eigenvalue weighted by molar-refractivity contribution is 5.94. The molecule has 4 aromatic rings. The minimum atomic E-state index is 0.00917. The molecule has 146 valence electrons. The summed E-state index contributed by atoms with van der Waals surface area (Å²) in [6, 6.07) is 9.65. The van der Waals surface area contributed by atoms with Gasteiger partial charge in [0.05, 0.1) is 37.0 Å². The van der Waals surface area contributed by atoms with Crippen LogP contribution in [0.25, 0.3) is 0 Å². The van der Waals surface area contributed by atoms with Gasteiger partial charge in [-0.25, -0.2) is 4.98 Å². The van der Waals surface area contributed by atoms with Gasteiger partial charge in [0.1, 0.15) is 0 Å². The highest BCUT2D eigenvalue weighted by Gasteiger charge is 2.32. The van der Waals surface area contributed by atoms with Crippen LogP contribution >= 0.6 is 0 Å². The van der Waals surface area contributed by atoms with Crippen molar-refractivity contribution in [3.05, 3.63) is 89.5 Å². The zero-order valence-corrected chi connectivity index (χ0v) is 16.1. The fourth-order valence-corrected chi connectivity index (χ4v) is 3.93. The first-order valence-electron chi connectivity index (χ1n) is 9.53. The Hall–Kier alpha value is -3.68. The zero-order chi connectivity index (χ0) is 19.8. The lowest BCUT2D eigenvalue weighted by Crippen LogP contribution is -2.38. The summed E-state index contributed by atoms with van der Waals surface area (Å²) in [5, 5.41) is 8.53. The predicted octanol–water partition coefficient (Wildman–Crippen LogP) is 2.18. The number of fused-ring (bicyclic) bond motifs is 1. The molecule has 1 aliphatic heterocycles. The Balaban J connectivity index is 1.41. The Morgan fingerprint density at radius 2 is 2.21 bits per heavy atom. The number of benzene rings is 1. The average molecular weight is 387 g/mol. The van der Waals surface area contributed by atoms with E-state index >= 15 is 0 Å². The van der Waals surface area contributed by atoms with E-state index in [1.54, 1.807) is 17.2 Å². The van der Waals surface area contributed by atoms with Crippen molar-refractivity contribution in [3.63, 3.8) is 0 Å². The van der Waals surface area contributed by atoms with Crippen LogP contribution in [-0.2, 0) is 20.1 Å². The van der Waals surface area contributed by atoms with Crippen molar-refractivity contribution in [2.45, 2.75) is 19.0 Å². The van der Waals surface area contributed by atoms with Gasteiger partial charge in [0.25, 0.3) is 5.91 Å². The second kappa shape index (κ2) is 7.05. The van der Waals surface area contributed by atoms with E-state index < -0.39 is 0 Å². The Morgan fingerprint density at radius 3 is 3.00 bits per heavy atom. The van der Waals surface area contributed by atoms with Gasteiger partial charge in [-0.1, -0.05) is 12.1 Å². The normalized spacial score (nSPS) is 16.0. The van der Waals surface area contributed by atoms with Gasteiger partial charge in [0, 0.05) is 49.2 Å². The monoisotopic (exact) mass is 387 g/mol. The van der Waals surface area contributed by atoms with E-state index in [1.165, 1.54) is 0 Å². The van der Waals surface area contributed by atoms with Crippen molar-refractivity contribution in [1.82, 2.24) is 34.4 Å². The first-order chi connectivity index (χ1) is 14.2. The second-order valence-corrected chi connectivity index (χ2v) is 7.36. The number of nitrogens with one attached hydrogen (secondary N) is 1. The molecule has 0 saturated heterocycles. The number of aryl methyl sites for hydroxylation is 1. The van der Waals surface area contributed by atoms with Gasteiger partial charge in [-0.2, -0.15) is 10.2 Å². The van der Waals surface area contributed by atoms with E-state index in [-0.39, 0.29) is 11.8 Å². The third-order valence-corrected chi connectivity index (χ3v) is 5.33. The Kier molecular flexibility index (Phi) is 4.23. The topological polar surface area (TPSA) is 84.6 Å². The van der Waals surface area contributed by atoms with Crippen molar-refractivity contribution < 1.29 is 4.79 Å². The van der Waals surface area contributed by atoms with Gasteiger partial charge in [0.15, 0.2) is 0 Å². The quantitative estimate of drug-likeness (QED) is 0.582. The molecule has 1 aliphatic rings. The number of carbonyl (C=O) groups excluding carboxylic acids is 1. The predicted molar refractivity (Wildman–Crippen MR) is 106 cm³/mol. The summed E-state index contributed by atoms with van der Waals surface area (Å²) < 4.78 is 3.63. The van der Waals surface area contributed by atoms with Crippen molar-refractivity contribution in [3.8, 4) is 0 Å². The van der Waals surface area contributed by atoms with E-state index in [9.17, 15) is 4.79 Å². The number of hydrogen-bond donors (Lipinski definition) is 1. The van der Waals surface area contributed by atoms with E-state index in [4.69, 9.17) is 0 Å². The molecule has 0 saturated carbocycles. The molecule has 4 heterocycles. The maximum Gasteiger partial charge on any atom is 0.254 e. The van der Waals surface area contributed by atoms with Crippen LogP contribution in [0.3, 0.4) is 0 Å². The number of rotatable bonds is 4. The maximum absolute atomic E-state index is 13.3. The molecule has 0 radical (unpaired) electrons. The molecule has 1 N–H and O–H groups in total. The van der Waals surface area contributed by atoms with E-state index in [0.29, 0.717) is 25.2 Å². The smallest absolute Gasteiger partial charge is 0.254 e. The Labute approximate surface area is 167 Å². The summed E-state index contributed by atoms with van der Waals surface area (Å²) in [5.41, 5.74) is 4.76. The number of aromatic amines is 1. The molecule has 1 unspecified atom stereocenters. The molecule has 0 bridgehead atoms. The molecular formula is C21H21N7O. The summed E-state index contributed by atoms with van der Waals surface area (Å²) in [5.74, 6) is 0.0244. The Bertz CT molecular complexity index is 1140. The number of imidazole rings is 1. The minimum absolute atomic E-state index is 0.00917. The number of carbonyl (C=O) groups is 1. The summed E-state index contributed by atoms with van der Waals surface area (Å²) in [7, 11) is 1.89. The average Bonchev–Trinajstić information content (AvgIpc) is 3.48. The maximum atomic E-state index is 13.3. The third-order valence-electron chi connectivity index (χ3n) is 5.33. The van der Waals surface area contributed by atoms with E-state index in [2.05, 4.69) is 20.2 Å². The van der Waals surface area contributed by atoms with Crippen LogP contribution in [0.1, 0.15) is 38.8 Å². The van der Waals surface area contributed by atoms with Crippen LogP contribution in [0, 0.1) is 0 Å². The van der Waals surface area contributed by atoms with Crippen molar-refractivity contribution in [1.29, 1.82) is 0 Å². The second-order valence-electron chi connectivity index (χ2n) is 7.36. The number of aromatic nitrogens is 6. The molecule has 3 aromatic heterocycles. The number of nitrogens with zero attached hydrogens (tertiary/aromatic N) is 6. The highest BCUT2D eigenvalue weighted by Crippen LogP contribution is 2.32. The van der Waals surface area contributed by atoms with Gasteiger partial charge in [0.2, 0.25) is 0 Å². The SMILES string of the molecule is Cn1cc(C2CN(C(=O)c3cccc(Cn4cccn4)c3)Cc3[nH]cnc32)cn1. The molecule has 0 fully saturated rings. The van der Waals surface area contributed by atoms with Crippen LogP contribution < -0.4 is 0 Å². The fourth-order valence-electron chi connectivity index (χ4n) is 3.93. The fraction of sp³-hybridized carbons (Fsp3) is 0.238. The van der Waals surface area contributed by atoms with Crippen molar-refractivity contribution in [2.75, 3.05) is 6.54 Å². The lowest BCUT2D eigenvalue weighted by atomic mass is 9.92. The standard InChI is InChI=1S/C21H21N7O/c1-26-11-17(9-25-26)18-12-27(13-19-20(18)23-14-22-19)21(29)16-5-2-4-15(8-16)10-28-7-3-6-24-28/h2-9,11,14,18H,10,12-13H2,1H3,(H,22,23). The van der Waals surface area contributed by atoms with Crippen LogP contribution in [0.4, 0.5) is 0 Å². The number of hydrogen-bond acceptors (Lipinski definition) is 4. The summed E-state index contributed by atoms with van der Waals surface area (Å²) in [6.07, 6.45) is 9.21. The van der Waals surface area contributed by atoms with Crippen molar-refractivity contribution in [2.24, 2.45) is 7.05 Å². The highest BCUT2D eigenvalue weighted by atomic mass is 16.2. The number of H-pyrrole nitrogens is 1. The van der Waals surface area contributed by atoms with Crippen LogP contribution in [0.2, 0.25) is 0 Å². The molecular weight excluding hydrogens is 366 g/mol. The van der Waals surface area contributed by atoms with Crippen LogP contribution in [0.5, 0.6) is 0 Å². The lowest BCUT2D eigenvalue weighted by molar-refractivity contribution is 0.0721. The van der Waals surface area contributed by atoms with Gasteiger partial charge >= 0.3 is 0 Å². The third kappa shape index (κ3) is 3.33. The molecule has 1 aromatic carbocycles. The molecule has 29 heavy (non-hydrogen) atoms. The molecule has 1 amide bonds. The van der Waals surface area contributed by atoms with Crippen molar-refractivity contribution >= 4 is 5.91 Å². The largest absolute Gasteiger partial charge is 0.347 e. The van der Waals surface area contributed by atoms with Crippen LogP contribution in [-0.4, -0.2) is 46.9 Å². The zero-order valence-electron chi connectivity index (χ0n) is 16.1. The molecule has 8 nitrogen and oxygen atoms in total. The molecule has 0 spiro atoms. The molecule has 5 rings (SSSR count). The minimum Gasteiger partial charge on any atom is -0.347 e.